The number of halogens is 1. The third-order valence-corrected chi connectivity index (χ3v) is 4.81. The molecule has 0 spiro atoms. The molecule has 0 saturated heterocycles. The Kier molecular flexibility index (Phi) is 5.02. The van der Waals surface area contributed by atoms with Crippen molar-refractivity contribution in [2.24, 2.45) is 5.73 Å². The summed E-state index contributed by atoms with van der Waals surface area (Å²) >= 11 is 5.12. The highest BCUT2D eigenvalue weighted by Crippen LogP contribution is 2.37. The van der Waals surface area contributed by atoms with Gasteiger partial charge in [-0.2, -0.15) is 0 Å². The van der Waals surface area contributed by atoms with E-state index in [2.05, 4.69) is 52.1 Å². The van der Waals surface area contributed by atoms with Crippen LogP contribution >= 0.6 is 27.7 Å². The van der Waals surface area contributed by atoms with E-state index >= 15 is 0 Å². The first-order valence-corrected chi connectivity index (χ1v) is 7.84. The maximum atomic E-state index is 6.16. The van der Waals surface area contributed by atoms with Gasteiger partial charge in [0.2, 0.25) is 0 Å². The summed E-state index contributed by atoms with van der Waals surface area (Å²) in [5.41, 5.74) is 8.71. The van der Waals surface area contributed by atoms with E-state index in [-0.39, 0.29) is 11.3 Å². The molecule has 2 rings (SSSR count). The first-order valence-electron chi connectivity index (χ1n) is 6.17. The standard InChI is InChI=1S/C15H17BrN2S/c1-10-5-3-4-6-13(10)15(11(2)17)19-14-8-7-12(16)9-18-14/h3-9,11,15H,17H2,1-2H3. The van der Waals surface area contributed by atoms with Gasteiger partial charge >= 0.3 is 0 Å². The number of hydrogen-bond donors (Lipinski definition) is 1. The van der Waals surface area contributed by atoms with E-state index in [0.29, 0.717) is 0 Å². The highest BCUT2D eigenvalue weighted by atomic mass is 79.9. The van der Waals surface area contributed by atoms with E-state index in [9.17, 15) is 0 Å². The lowest BCUT2D eigenvalue weighted by Crippen LogP contribution is -2.23. The Morgan fingerprint density at radius 2 is 1.95 bits per heavy atom. The number of benzene rings is 1. The van der Waals surface area contributed by atoms with Crippen molar-refractivity contribution in [3.8, 4) is 0 Å². The fourth-order valence-electron chi connectivity index (χ4n) is 1.92. The minimum Gasteiger partial charge on any atom is -0.327 e. The van der Waals surface area contributed by atoms with Gasteiger partial charge < -0.3 is 5.73 Å². The molecule has 0 saturated carbocycles. The summed E-state index contributed by atoms with van der Waals surface area (Å²) in [5.74, 6) is 0. The maximum absolute atomic E-state index is 6.16. The molecule has 2 nitrogen and oxygen atoms in total. The Morgan fingerprint density at radius 1 is 1.21 bits per heavy atom. The molecule has 0 fully saturated rings. The van der Waals surface area contributed by atoms with Gasteiger partial charge in [-0.15, -0.1) is 0 Å². The van der Waals surface area contributed by atoms with Gasteiger partial charge in [-0.05, 0) is 53.0 Å². The van der Waals surface area contributed by atoms with E-state index in [1.807, 2.05) is 25.3 Å². The zero-order chi connectivity index (χ0) is 13.8. The van der Waals surface area contributed by atoms with E-state index < -0.39 is 0 Å². The van der Waals surface area contributed by atoms with Crippen LogP contribution in [-0.4, -0.2) is 11.0 Å². The average Bonchev–Trinajstić information content (AvgIpc) is 2.39. The van der Waals surface area contributed by atoms with Crippen LogP contribution in [0.25, 0.3) is 0 Å². The average molecular weight is 337 g/mol. The number of rotatable bonds is 4. The van der Waals surface area contributed by atoms with Crippen molar-refractivity contribution >= 4 is 27.7 Å². The number of nitrogens with zero attached hydrogens (tertiary/aromatic N) is 1. The second-order valence-corrected chi connectivity index (χ2v) is 6.65. The second kappa shape index (κ2) is 6.55. The van der Waals surface area contributed by atoms with Gasteiger partial charge in [0.15, 0.2) is 0 Å². The fraction of sp³-hybridized carbons (Fsp3) is 0.267. The summed E-state index contributed by atoms with van der Waals surface area (Å²) < 4.78 is 0.991. The number of hydrogen-bond acceptors (Lipinski definition) is 3. The van der Waals surface area contributed by atoms with Gasteiger partial charge in [-0.1, -0.05) is 36.0 Å². The number of pyridine rings is 1. The lowest BCUT2D eigenvalue weighted by Gasteiger charge is -2.22. The zero-order valence-corrected chi connectivity index (χ0v) is 13.4. The van der Waals surface area contributed by atoms with Crippen LogP contribution in [0.5, 0.6) is 0 Å². The molecule has 100 valence electrons. The first-order chi connectivity index (χ1) is 9.08. The van der Waals surface area contributed by atoms with Crippen LogP contribution in [0.3, 0.4) is 0 Å². The quantitative estimate of drug-likeness (QED) is 0.844. The molecule has 1 heterocycles. The van der Waals surface area contributed by atoms with E-state index in [0.717, 1.165) is 9.50 Å². The molecule has 0 radical (unpaired) electrons. The van der Waals surface area contributed by atoms with Crippen molar-refractivity contribution in [2.75, 3.05) is 0 Å². The van der Waals surface area contributed by atoms with Crippen LogP contribution < -0.4 is 5.73 Å². The molecule has 19 heavy (non-hydrogen) atoms. The van der Waals surface area contributed by atoms with E-state index in [4.69, 9.17) is 5.73 Å². The molecule has 0 amide bonds. The van der Waals surface area contributed by atoms with Crippen molar-refractivity contribution < 1.29 is 0 Å². The minimum atomic E-state index is 0.0662. The molecule has 0 bridgehead atoms. The Morgan fingerprint density at radius 3 is 2.53 bits per heavy atom. The lowest BCUT2D eigenvalue weighted by molar-refractivity contribution is 0.717. The van der Waals surface area contributed by atoms with Crippen LogP contribution in [0.1, 0.15) is 23.3 Å². The Hall–Kier alpha value is -0.840. The van der Waals surface area contributed by atoms with Crippen molar-refractivity contribution in [1.29, 1.82) is 0 Å². The topological polar surface area (TPSA) is 38.9 Å². The van der Waals surface area contributed by atoms with E-state index in [1.54, 1.807) is 11.8 Å². The molecule has 2 atom stereocenters. The fourth-order valence-corrected chi connectivity index (χ4v) is 3.28. The molecule has 0 aliphatic carbocycles. The lowest BCUT2D eigenvalue weighted by atomic mass is 10.0. The second-order valence-electron chi connectivity index (χ2n) is 4.57. The summed E-state index contributed by atoms with van der Waals surface area (Å²) in [5, 5.41) is 1.21. The Labute approximate surface area is 126 Å². The zero-order valence-electron chi connectivity index (χ0n) is 11.0. The largest absolute Gasteiger partial charge is 0.327 e. The summed E-state index contributed by atoms with van der Waals surface area (Å²) in [4.78, 5) is 4.42. The molecule has 0 aliphatic rings. The van der Waals surface area contributed by atoms with Crippen molar-refractivity contribution in [3.63, 3.8) is 0 Å². The predicted molar refractivity (Wildman–Crippen MR) is 85.4 cm³/mol. The molecule has 0 aliphatic heterocycles. The van der Waals surface area contributed by atoms with Gasteiger partial charge in [-0.25, -0.2) is 4.98 Å². The summed E-state index contributed by atoms with van der Waals surface area (Å²) in [6.07, 6.45) is 1.82. The Bertz CT molecular complexity index is 540. The smallest absolute Gasteiger partial charge is 0.0967 e. The summed E-state index contributed by atoms with van der Waals surface area (Å²) in [6, 6.07) is 12.5. The van der Waals surface area contributed by atoms with Gasteiger partial charge in [0.25, 0.3) is 0 Å². The van der Waals surface area contributed by atoms with Crippen LogP contribution in [0.15, 0.2) is 52.1 Å². The van der Waals surface area contributed by atoms with Gasteiger partial charge in [0.1, 0.15) is 0 Å². The van der Waals surface area contributed by atoms with Crippen molar-refractivity contribution in [1.82, 2.24) is 4.98 Å². The molecule has 2 unspecified atom stereocenters. The van der Waals surface area contributed by atoms with Crippen LogP contribution in [0.4, 0.5) is 0 Å². The Balaban J connectivity index is 2.27. The summed E-state index contributed by atoms with van der Waals surface area (Å²) in [6.45, 7) is 4.17. The molecule has 1 aromatic carbocycles. The number of aryl methyl sites for hydroxylation is 1. The number of aromatic nitrogens is 1. The monoisotopic (exact) mass is 336 g/mol. The summed E-state index contributed by atoms with van der Waals surface area (Å²) in [7, 11) is 0. The molecular weight excluding hydrogens is 320 g/mol. The molecule has 1 aromatic heterocycles. The predicted octanol–water partition coefficient (Wildman–Crippen LogP) is 4.33. The van der Waals surface area contributed by atoms with Gasteiger partial charge in [0.05, 0.1) is 10.3 Å². The minimum absolute atomic E-state index is 0.0662. The molecular formula is C15H17BrN2S. The van der Waals surface area contributed by atoms with Crippen molar-refractivity contribution in [3.05, 3.63) is 58.2 Å². The number of nitrogens with two attached hydrogens (primary N) is 1. The number of thioether (sulfide) groups is 1. The molecule has 2 N–H and O–H groups in total. The van der Waals surface area contributed by atoms with Crippen LogP contribution in [0, 0.1) is 6.92 Å². The first kappa shape index (κ1) is 14.6. The van der Waals surface area contributed by atoms with E-state index in [1.165, 1.54) is 11.1 Å². The third-order valence-electron chi connectivity index (χ3n) is 2.92. The highest BCUT2D eigenvalue weighted by molar-refractivity contribution is 9.10. The third kappa shape index (κ3) is 3.81. The van der Waals surface area contributed by atoms with Gasteiger partial charge in [0, 0.05) is 16.7 Å². The molecule has 2 aromatic rings. The van der Waals surface area contributed by atoms with Crippen molar-refractivity contribution in [2.45, 2.75) is 30.2 Å². The maximum Gasteiger partial charge on any atom is 0.0967 e. The van der Waals surface area contributed by atoms with Crippen LogP contribution in [0.2, 0.25) is 0 Å². The molecule has 4 heteroatoms. The van der Waals surface area contributed by atoms with Crippen LogP contribution in [-0.2, 0) is 0 Å². The van der Waals surface area contributed by atoms with Gasteiger partial charge in [-0.3, -0.25) is 0 Å². The highest BCUT2D eigenvalue weighted by Gasteiger charge is 2.19. The SMILES string of the molecule is Cc1ccccc1C(Sc1ccc(Br)cn1)C(C)N. The normalized spacial score (nSPS) is 14.1.